The van der Waals surface area contributed by atoms with Crippen LogP contribution in [0.25, 0.3) is 0 Å². The van der Waals surface area contributed by atoms with Crippen molar-refractivity contribution in [3.05, 3.63) is 11.1 Å². The van der Waals surface area contributed by atoms with Gasteiger partial charge in [-0.15, -0.1) is 11.3 Å². The molecule has 0 fully saturated rings. The zero-order valence-electron chi connectivity index (χ0n) is 6.90. The third-order valence-corrected chi connectivity index (χ3v) is 1.87. The third-order valence-electron chi connectivity index (χ3n) is 1.01. The maximum absolute atomic E-state index is 4.18. The van der Waals surface area contributed by atoms with Crippen molar-refractivity contribution in [3.63, 3.8) is 0 Å². The van der Waals surface area contributed by atoms with Crippen molar-refractivity contribution in [1.82, 2.24) is 9.88 Å². The van der Waals surface area contributed by atoms with Crippen LogP contribution in [0.15, 0.2) is 10.4 Å². The smallest absolute Gasteiger partial charge is 0.210 e. The molecule has 1 aromatic heterocycles. The molecule has 0 aliphatic carbocycles. The summed E-state index contributed by atoms with van der Waals surface area (Å²) >= 11 is 1.56. The first kappa shape index (κ1) is 8.20. The summed E-state index contributed by atoms with van der Waals surface area (Å²) in [7, 11) is 3.87. The van der Waals surface area contributed by atoms with Gasteiger partial charge in [0.25, 0.3) is 0 Å². The molecule has 0 unspecified atom stereocenters. The Morgan fingerprint density at radius 3 is 2.82 bits per heavy atom. The lowest BCUT2D eigenvalue weighted by Gasteiger charge is -1.99. The van der Waals surface area contributed by atoms with Gasteiger partial charge in [-0.2, -0.15) is 0 Å². The Bertz CT molecular complexity index is 252. The van der Waals surface area contributed by atoms with Gasteiger partial charge in [-0.1, -0.05) is 0 Å². The topological polar surface area (TPSA) is 28.5 Å². The average Bonchev–Trinajstić information content (AvgIpc) is 2.31. The molecule has 0 amide bonds. The van der Waals surface area contributed by atoms with Crippen molar-refractivity contribution in [3.8, 4) is 0 Å². The van der Waals surface area contributed by atoms with Gasteiger partial charge >= 0.3 is 0 Å². The van der Waals surface area contributed by atoms with Crippen LogP contribution in [-0.4, -0.2) is 30.3 Å². The number of hydrogen-bond donors (Lipinski definition) is 0. The Morgan fingerprint density at radius 2 is 2.36 bits per heavy atom. The Kier molecular flexibility index (Phi) is 2.59. The predicted molar refractivity (Wildman–Crippen MR) is 48.7 cm³/mol. The largest absolute Gasteiger partial charge is 0.369 e. The Morgan fingerprint density at radius 1 is 1.64 bits per heavy atom. The van der Waals surface area contributed by atoms with E-state index in [-0.39, 0.29) is 0 Å². The van der Waals surface area contributed by atoms with E-state index in [0.29, 0.717) is 0 Å². The maximum Gasteiger partial charge on any atom is 0.210 e. The minimum atomic E-state index is 0.816. The van der Waals surface area contributed by atoms with Crippen LogP contribution in [0.1, 0.15) is 5.69 Å². The number of aromatic nitrogens is 1. The first-order valence-electron chi connectivity index (χ1n) is 3.31. The molecule has 0 spiro atoms. The van der Waals surface area contributed by atoms with Crippen molar-refractivity contribution in [2.24, 2.45) is 4.99 Å². The minimum Gasteiger partial charge on any atom is -0.369 e. The first-order chi connectivity index (χ1) is 5.18. The molecular formula is C7H11N3S. The van der Waals surface area contributed by atoms with Crippen LogP contribution in [0.5, 0.6) is 0 Å². The summed E-state index contributed by atoms with van der Waals surface area (Å²) < 4.78 is 0. The highest BCUT2D eigenvalue weighted by atomic mass is 32.1. The summed E-state index contributed by atoms with van der Waals surface area (Å²) in [6, 6.07) is 0. The van der Waals surface area contributed by atoms with Gasteiger partial charge in [-0.25, -0.2) is 9.98 Å². The highest BCUT2D eigenvalue weighted by Crippen LogP contribution is 2.16. The van der Waals surface area contributed by atoms with Crippen LogP contribution in [-0.2, 0) is 0 Å². The number of thiazole rings is 1. The van der Waals surface area contributed by atoms with Crippen LogP contribution in [0.3, 0.4) is 0 Å². The van der Waals surface area contributed by atoms with E-state index in [1.807, 2.05) is 31.3 Å². The molecule has 0 saturated heterocycles. The number of aryl methyl sites for hydroxylation is 1. The summed E-state index contributed by atoms with van der Waals surface area (Å²) in [5.41, 5.74) is 1.03. The molecule has 0 aliphatic rings. The van der Waals surface area contributed by atoms with Crippen molar-refractivity contribution >= 4 is 22.8 Å². The van der Waals surface area contributed by atoms with Gasteiger partial charge < -0.3 is 4.90 Å². The highest BCUT2D eigenvalue weighted by molar-refractivity contribution is 7.13. The van der Waals surface area contributed by atoms with Crippen molar-refractivity contribution in [1.29, 1.82) is 0 Å². The Hall–Kier alpha value is -0.900. The monoisotopic (exact) mass is 169 g/mol. The van der Waals surface area contributed by atoms with E-state index in [4.69, 9.17) is 0 Å². The molecule has 0 atom stereocenters. The van der Waals surface area contributed by atoms with Gasteiger partial charge in [-0.3, -0.25) is 0 Å². The molecule has 0 saturated carbocycles. The Balaban J connectivity index is 2.64. The summed E-state index contributed by atoms with van der Waals surface area (Å²) in [6.45, 7) is 1.96. The fraction of sp³-hybridized carbons (Fsp3) is 0.429. The molecule has 1 rings (SSSR count). The summed E-state index contributed by atoms with van der Waals surface area (Å²) in [4.78, 5) is 10.2. The minimum absolute atomic E-state index is 0.816. The third kappa shape index (κ3) is 2.67. The lowest BCUT2D eigenvalue weighted by atomic mass is 10.6. The second-order valence-corrected chi connectivity index (χ2v) is 3.32. The molecule has 60 valence electrons. The van der Waals surface area contributed by atoms with Gasteiger partial charge in [0.2, 0.25) is 5.13 Å². The number of rotatable bonds is 2. The molecule has 4 heteroatoms. The first-order valence-corrected chi connectivity index (χ1v) is 4.19. The SMILES string of the molecule is Cc1csc(N=CN(C)C)n1. The maximum atomic E-state index is 4.18. The number of nitrogens with zero attached hydrogens (tertiary/aromatic N) is 3. The zero-order chi connectivity index (χ0) is 8.27. The average molecular weight is 169 g/mol. The van der Waals surface area contributed by atoms with Gasteiger partial charge in [0.1, 0.15) is 0 Å². The highest BCUT2D eigenvalue weighted by Gasteiger charge is 1.92. The van der Waals surface area contributed by atoms with Crippen molar-refractivity contribution in [2.45, 2.75) is 6.92 Å². The lowest BCUT2D eigenvalue weighted by Crippen LogP contribution is -2.06. The van der Waals surface area contributed by atoms with E-state index in [1.54, 1.807) is 17.7 Å². The second-order valence-electron chi connectivity index (χ2n) is 2.48. The van der Waals surface area contributed by atoms with Gasteiger partial charge in [0, 0.05) is 19.5 Å². The van der Waals surface area contributed by atoms with Crippen molar-refractivity contribution in [2.75, 3.05) is 14.1 Å². The van der Waals surface area contributed by atoms with E-state index in [0.717, 1.165) is 10.8 Å². The molecule has 0 bridgehead atoms. The Labute approximate surface area is 70.4 Å². The molecule has 1 aromatic rings. The van der Waals surface area contributed by atoms with Gasteiger partial charge in [0.15, 0.2) is 0 Å². The molecule has 3 nitrogen and oxygen atoms in total. The fourth-order valence-electron chi connectivity index (χ4n) is 0.566. The molecule has 0 N–H and O–H groups in total. The van der Waals surface area contributed by atoms with Crippen LogP contribution < -0.4 is 0 Å². The zero-order valence-corrected chi connectivity index (χ0v) is 7.72. The molecule has 1 heterocycles. The normalized spacial score (nSPS) is 10.8. The van der Waals surface area contributed by atoms with E-state index >= 15 is 0 Å². The van der Waals surface area contributed by atoms with E-state index in [2.05, 4.69) is 9.98 Å². The van der Waals surface area contributed by atoms with Gasteiger partial charge in [-0.05, 0) is 6.92 Å². The molecular weight excluding hydrogens is 158 g/mol. The summed E-state index contributed by atoms with van der Waals surface area (Å²) in [5.74, 6) is 0. The molecule has 0 radical (unpaired) electrons. The number of aliphatic imine (C=N–C) groups is 1. The van der Waals surface area contributed by atoms with Gasteiger partial charge in [0.05, 0.1) is 12.0 Å². The van der Waals surface area contributed by atoms with Crippen molar-refractivity contribution < 1.29 is 0 Å². The summed E-state index contributed by atoms with van der Waals surface area (Å²) in [5, 5.41) is 2.80. The van der Waals surface area contributed by atoms with E-state index in [9.17, 15) is 0 Å². The standard InChI is InChI=1S/C7H11N3S/c1-6-4-11-7(9-6)8-5-10(2)3/h4-5H,1-3H3. The van der Waals surface area contributed by atoms with E-state index in [1.165, 1.54) is 0 Å². The van der Waals surface area contributed by atoms with Crippen LogP contribution in [0.4, 0.5) is 5.13 Å². The molecule has 0 aromatic carbocycles. The molecule has 11 heavy (non-hydrogen) atoms. The van der Waals surface area contributed by atoms with Crippen LogP contribution >= 0.6 is 11.3 Å². The predicted octanol–water partition coefficient (Wildman–Crippen LogP) is 1.67. The summed E-state index contributed by atoms with van der Waals surface area (Å²) in [6.07, 6.45) is 1.75. The number of hydrogen-bond acceptors (Lipinski definition) is 3. The van der Waals surface area contributed by atoms with E-state index < -0.39 is 0 Å². The quantitative estimate of drug-likeness (QED) is 0.497. The second kappa shape index (κ2) is 3.48. The fourth-order valence-corrected chi connectivity index (χ4v) is 1.20. The van der Waals surface area contributed by atoms with Crippen LogP contribution in [0, 0.1) is 6.92 Å². The lowest BCUT2D eigenvalue weighted by molar-refractivity contribution is 0.643. The molecule has 0 aliphatic heterocycles. The van der Waals surface area contributed by atoms with Crippen LogP contribution in [0.2, 0.25) is 0 Å².